The van der Waals surface area contributed by atoms with Crippen molar-refractivity contribution >= 4 is 21.9 Å². The molecule has 0 atom stereocenters. The van der Waals surface area contributed by atoms with Gasteiger partial charge in [0.1, 0.15) is 11.2 Å². The van der Waals surface area contributed by atoms with E-state index in [2.05, 4.69) is 105 Å². The molecule has 1 aromatic heterocycles. The van der Waals surface area contributed by atoms with Crippen LogP contribution in [0.15, 0.2) is 101 Å². The molecule has 0 saturated carbocycles. The van der Waals surface area contributed by atoms with Crippen LogP contribution >= 0.6 is 0 Å². The van der Waals surface area contributed by atoms with Crippen LogP contribution in [0.4, 0.5) is 0 Å². The van der Waals surface area contributed by atoms with Crippen LogP contribution in [0, 0.1) is 13.8 Å². The van der Waals surface area contributed by atoms with Crippen molar-refractivity contribution in [2.45, 2.75) is 26.7 Å². The van der Waals surface area contributed by atoms with Gasteiger partial charge in [-0.15, -0.1) is 0 Å². The van der Waals surface area contributed by atoms with Crippen LogP contribution < -0.4 is 0 Å². The molecule has 168 valence electrons. The Morgan fingerprint density at radius 1 is 0.543 bits per heavy atom. The summed E-state index contributed by atoms with van der Waals surface area (Å²) in [7, 11) is 0. The first-order chi connectivity index (χ1) is 17.2. The zero-order valence-corrected chi connectivity index (χ0v) is 20.1. The molecule has 0 spiro atoms. The average Bonchev–Trinajstić information content (AvgIpc) is 3.28. The van der Waals surface area contributed by atoms with Crippen molar-refractivity contribution in [2.75, 3.05) is 0 Å². The van der Waals surface area contributed by atoms with Gasteiger partial charge in [0, 0.05) is 16.3 Å². The predicted molar refractivity (Wildman–Crippen MR) is 147 cm³/mol. The first-order valence-electron chi connectivity index (χ1n) is 12.4. The Morgan fingerprint density at radius 3 is 2.20 bits per heavy atom. The highest BCUT2D eigenvalue weighted by Crippen LogP contribution is 2.45. The van der Waals surface area contributed by atoms with Crippen LogP contribution in [0.3, 0.4) is 0 Å². The number of fused-ring (bicyclic) bond motifs is 6. The molecule has 1 aliphatic rings. The van der Waals surface area contributed by atoms with Crippen LogP contribution in [0.25, 0.3) is 55.3 Å². The van der Waals surface area contributed by atoms with Gasteiger partial charge in [0.2, 0.25) is 0 Å². The first kappa shape index (κ1) is 20.3. The number of rotatable bonds is 2. The van der Waals surface area contributed by atoms with Crippen molar-refractivity contribution in [2.24, 2.45) is 0 Å². The second kappa shape index (κ2) is 7.71. The first-order valence-corrected chi connectivity index (χ1v) is 12.4. The van der Waals surface area contributed by atoms with Gasteiger partial charge in [0.05, 0.1) is 0 Å². The second-order valence-corrected chi connectivity index (χ2v) is 9.76. The molecule has 0 fully saturated rings. The summed E-state index contributed by atoms with van der Waals surface area (Å²) < 4.78 is 6.38. The summed E-state index contributed by atoms with van der Waals surface area (Å²) in [6, 6.07) is 35.2. The third kappa shape index (κ3) is 3.08. The number of hydrogen-bond donors (Lipinski definition) is 0. The summed E-state index contributed by atoms with van der Waals surface area (Å²) in [5.74, 6) is 0. The maximum absolute atomic E-state index is 6.38. The number of furan rings is 1. The molecule has 1 heteroatoms. The Labute approximate surface area is 205 Å². The molecule has 1 nitrogen and oxygen atoms in total. The molecule has 7 rings (SSSR count). The third-order valence-corrected chi connectivity index (χ3v) is 7.67. The Hall–Kier alpha value is -4.10. The molecule has 5 aromatic carbocycles. The predicted octanol–water partition coefficient (Wildman–Crippen LogP) is 9.30. The summed E-state index contributed by atoms with van der Waals surface area (Å²) in [6.07, 6.45) is 2.16. The van der Waals surface area contributed by atoms with Gasteiger partial charge in [-0.2, -0.15) is 0 Å². The van der Waals surface area contributed by atoms with E-state index in [-0.39, 0.29) is 0 Å². The molecule has 0 N–H and O–H groups in total. The molecule has 0 unspecified atom stereocenters. The van der Waals surface area contributed by atoms with E-state index in [0.717, 1.165) is 29.6 Å². The van der Waals surface area contributed by atoms with Gasteiger partial charge in [-0.3, -0.25) is 0 Å². The van der Waals surface area contributed by atoms with Crippen LogP contribution in [-0.4, -0.2) is 0 Å². The van der Waals surface area contributed by atoms with Crippen molar-refractivity contribution in [1.29, 1.82) is 0 Å². The lowest BCUT2D eigenvalue weighted by Gasteiger charge is -2.26. The largest absolute Gasteiger partial charge is 0.455 e. The lowest BCUT2D eigenvalue weighted by molar-refractivity contribution is 0.670. The van der Waals surface area contributed by atoms with E-state index >= 15 is 0 Å². The number of benzene rings is 5. The van der Waals surface area contributed by atoms with E-state index in [4.69, 9.17) is 4.42 Å². The highest BCUT2D eigenvalue weighted by Gasteiger charge is 2.23. The van der Waals surface area contributed by atoms with Crippen LogP contribution in [0.1, 0.15) is 22.3 Å². The zero-order valence-electron chi connectivity index (χ0n) is 20.1. The maximum atomic E-state index is 6.38. The van der Waals surface area contributed by atoms with E-state index in [0.29, 0.717) is 0 Å². The lowest BCUT2D eigenvalue weighted by atomic mass is 9.78. The molecular weight excluding hydrogens is 424 g/mol. The summed E-state index contributed by atoms with van der Waals surface area (Å²) >= 11 is 0. The smallest absolute Gasteiger partial charge is 0.143 e. The fourth-order valence-corrected chi connectivity index (χ4v) is 5.91. The van der Waals surface area contributed by atoms with Crippen molar-refractivity contribution in [3.8, 4) is 33.4 Å². The topological polar surface area (TPSA) is 13.1 Å². The molecule has 0 saturated heterocycles. The highest BCUT2D eigenvalue weighted by molar-refractivity contribution is 6.09. The van der Waals surface area contributed by atoms with Gasteiger partial charge in [-0.05, 0) is 88.9 Å². The summed E-state index contributed by atoms with van der Waals surface area (Å²) in [4.78, 5) is 0. The van der Waals surface area contributed by atoms with Gasteiger partial charge in [0.25, 0.3) is 0 Å². The van der Waals surface area contributed by atoms with Gasteiger partial charge >= 0.3 is 0 Å². The average molecular weight is 451 g/mol. The molecular formula is C34H26O. The molecule has 0 bridgehead atoms. The van der Waals surface area contributed by atoms with Gasteiger partial charge in [-0.25, -0.2) is 0 Å². The monoisotopic (exact) mass is 450 g/mol. The second-order valence-electron chi connectivity index (χ2n) is 9.76. The van der Waals surface area contributed by atoms with Crippen molar-refractivity contribution < 1.29 is 4.42 Å². The standard InChI is InChI=1S/C34H26O/c1-21-8-3-4-9-26(21)32-22(2)14-15-24-18-16-23-17-19-25(20-30(23)33(24)32)27-11-7-12-29-28-10-5-6-13-31(28)35-34(27)29/h3-15,17,19-20H,16,18H2,1-2H3. The van der Waals surface area contributed by atoms with Gasteiger partial charge in [0.15, 0.2) is 0 Å². The molecule has 6 aromatic rings. The van der Waals surface area contributed by atoms with E-state index in [1.807, 2.05) is 6.07 Å². The van der Waals surface area contributed by atoms with Gasteiger partial charge < -0.3 is 4.42 Å². The summed E-state index contributed by atoms with van der Waals surface area (Å²) in [5, 5.41) is 2.35. The fraction of sp³-hybridized carbons (Fsp3) is 0.118. The summed E-state index contributed by atoms with van der Waals surface area (Å²) in [5.41, 5.74) is 15.3. The quantitative estimate of drug-likeness (QED) is 0.256. The van der Waals surface area contributed by atoms with E-state index in [9.17, 15) is 0 Å². The van der Waals surface area contributed by atoms with Crippen molar-refractivity contribution in [3.63, 3.8) is 0 Å². The molecule has 0 aliphatic heterocycles. The SMILES string of the molecule is Cc1ccccc1-c1c(C)ccc2c1-c1cc(-c3cccc4c3oc3ccccc34)ccc1CC2. The van der Waals surface area contributed by atoms with Crippen LogP contribution in [0.5, 0.6) is 0 Å². The van der Waals surface area contributed by atoms with Crippen molar-refractivity contribution in [1.82, 2.24) is 0 Å². The lowest BCUT2D eigenvalue weighted by Crippen LogP contribution is -2.07. The Bertz CT molecular complexity index is 1770. The minimum atomic E-state index is 0.940. The Balaban J connectivity index is 1.49. The van der Waals surface area contributed by atoms with E-state index in [1.54, 1.807) is 0 Å². The minimum Gasteiger partial charge on any atom is -0.455 e. The molecule has 0 amide bonds. The molecule has 1 aliphatic carbocycles. The number of para-hydroxylation sites is 2. The third-order valence-electron chi connectivity index (χ3n) is 7.67. The number of hydrogen-bond acceptors (Lipinski definition) is 1. The molecule has 0 radical (unpaired) electrons. The Morgan fingerprint density at radius 2 is 1.29 bits per heavy atom. The van der Waals surface area contributed by atoms with Crippen LogP contribution in [0.2, 0.25) is 0 Å². The zero-order chi connectivity index (χ0) is 23.5. The van der Waals surface area contributed by atoms with E-state index < -0.39 is 0 Å². The van der Waals surface area contributed by atoms with Crippen LogP contribution in [-0.2, 0) is 12.8 Å². The molecule has 35 heavy (non-hydrogen) atoms. The van der Waals surface area contributed by atoms with Crippen molar-refractivity contribution in [3.05, 3.63) is 119 Å². The normalized spacial score (nSPS) is 12.6. The number of aryl methyl sites for hydroxylation is 4. The molecule has 1 heterocycles. The van der Waals surface area contributed by atoms with E-state index in [1.165, 1.54) is 60.8 Å². The Kier molecular flexibility index (Phi) is 4.47. The maximum Gasteiger partial charge on any atom is 0.143 e. The highest BCUT2D eigenvalue weighted by atomic mass is 16.3. The minimum absolute atomic E-state index is 0.940. The summed E-state index contributed by atoms with van der Waals surface area (Å²) in [6.45, 7) is 4.46. The van der Waals surface area contributed by atoms with Gasteiger partial charge in [-0.1, -0.05) is 84.9 Å². The fourth-order valence-electron chi connectivity index (χ4n) is 5.91.